The number of sulfonamides is 1. The van der Waals surface area contributed by atoms with E-state index < -0.39 is 22.1 Å². The third-order valence-electron chi connectivity index (χ3n) is 2.88. The molecule has 0 spiro atoms. The molecule has 19 heavy (non-hydrogen) atoms. The quantitative estimate of drug-likeness (QED) is 0.841. The predicted octanol–water partition coefficient (Wildman–Crippen LogP) is 0.514. The first-order chi connectivity index (χ1) is 8.85. The number of ether oxygens (including phenoxy) is 1. The molecule has 1 aromatic carbocycles. The molecule has 0 aromatic heterocycles. The summed E-state index contributed by atoms with van der Waals surface area (Å²) in [5.41, 5.74) is 1.73. The van der Waals surface area contributed by atoms with Crippen molar-refractivity contribution in [2.24, 2.45) is 0 Å². The molecule has 104 valence electrons. The van der Waals surface area contributed by atoms with Crippen LogP contribution in [0.1, 0.15) is 17.5 Å². The van der Waals surface area contributed by atoms with Gasteiger partial charge < -0.3 is 9.84 Å². The van der Waals surface area contributed by atoms with E-state index in [1.807, 2.05) is 6.07 Å². The van der Waals surface area contributed by atoms with E-state index in [9.17, 15) is 13.2 Å². The lowest BCUT2D eigenvalue weighted by Crippen LogP contribution is -2.31. The lowest BCUT2D eigenvalue weighted by Gasteiger charge is -2.23. The average molecular weight is 285 g/mol. The van der Waals surface area contributed by atoms with E-state index in [0.717, 1.165) is 17.4 Å². The molecule has 1 atom stereocenters. The highest BCUT2D eigenvalue weighted by Crippen LogP contribution is 2.28. The minimum Gasteiger partial charge on any atom is -0.479 e. The molecule has 7 heteroatoms. The van der Waals surface area contributed by atoms with Crippen LogP contribution in [0.5, 0.6) is 5.75 Å². The van der Waals surface area contributed by atoms with Crippen LogP contribution in [-0.4, -0.2) is 31.9 Å². The number of aliphatic carboxylic acids is 1. The standard InChI is InChI=1S/C12H15NO5S/c1-19(16,17)13-7-8-2-4-10-9(6-8)3-5-11(18-10)12(14)15/h2,4,6,11,13H,3,5,7H2,1H3,(H,14,15)/t11-/m1/s1. The Morgan fingerprint density at radius 3 is 2.89 bits per heavy atom. The maximum Gasteiger partial charge on any atom is 0.344 e. The topological polar surface area (TPSA) is 92.7 Å². The molecule has 2 rings (SSSR count). The normalized spacial score (nSPS) is 18.5. The molecular weight excluding hydrogens is 270 g/mol. The van der Waals surface area contributed by atoms with Crippen molar-refractivity contribution in [3.05, 3.63) is 29.3 Å². The van der Waals surface area contributed by atoms with Crippen LogP contribution >= 0.6 is 0 Å². The molecule has 1 heterocycles. The van der Waals surface area contributed by atoms with Crippen molar-refractivity contribution in [3.63, 3.8) is 0 Å². The van der Waals surface area contributed by atoms with Crippen LogP contribution < -0.4 is 9.46 Å². The van der Waals surface area contributed by atoms with Crippen molar-refractivity contribution in [2.45, 2.75) is 25.5 Å². The van der Waals surface area contributed by atoms with Gasteiger partial charge in [0.25, 0.3) is 0 Å². The van der Waals surface area contributed by atoms with Gasteiger partial charge in [0.1, 0.15) is 5.75 Å². The number of rotatable bonds is 4. The average Bonchev–Trinajstić information content (AvgIpc) is 2.34. The molecule has 0 radical (unpaired) electrons. The minimum absolute atomic E-state index is 0.217. The summed E-state index contributed by atoms with van der Waals surface area (Å²) < 4.78 is 29.8. The summed E-state index contributed by atoms with van der Waals surface area (Å²) in [4.78, 5) is 10.8. The van der Waals surface area contributed by atoms with E-state index in [-0.39, 0.29) is 6.54 Å². The molecule has 1 aliphatic rings. The van der Waals surface area contributed by atoms with Crippen LogP contribution in [0, 0.1) is 0 Å². The molecule has 0 bridgehead atoms. The van der Waals surface area contributed by atoms with E-state index in [1.165, 1.54) is 0 Å². The Hall–Kier alpha value is -1.60. The highest BCUT2D eigenvalue weighted by molar-refractivity contribution is 7.88. The summed E-state index contributed by atoms with van der Waals surface area (Å²) in [5, 5.41) is 8.89. The van der Waals surface area contributed by atoms with Crippen LogP contribution in [0.3, 0.4) is 0 Å². The Labute approximate surface area is 111 Å². The van der Waals surface area contributed by atoms with Crippen LogP contribution in [-0.2, 0) is 27.8 Å². The van der Waals surface area contributed by atoms with Gasteiger partial charge >= 0.3 is 5.97 Å². The molecule has 1 aliphatic heterocycles. The third-order valence-corrected chi connectivity index (χ3v) is 3.55. The maximum atomic E-state index is 11.0. The fourth-order valence-electron chi connectivity index (χ4n) is 1.94. The van der Waals surface area contributed by atoms with Crippen LogP contribution in [0.2, 0.25) is 0 Å². The van der Waals surface area contributed by atoms with Crippen molar-refractivity contribution in [1.82, 2.24) is 4.72 Å². The molecule has 0 saturated carbocycles. The number of carboxylic acid groups (broad SMARTS) is 1. The van der Waals surface area contributed by atoms with Gasteiger partial charge in [-0.3, -0.25) is 0 Å². The summed E-state index contributed by atoms with van der Waals surface area (Å²) in [5.74, 6) is -0.407. The van der Waals surface area contributed by atoms with E-state index in [4.69, 9.17) is 9.84 Å². The lowest BCUT2D eigenvalue weighted by atomic mass is 10.00. The third kappa shape index (κ3) is 3.68. The molecule has 0 saturated heterocycles. The van der Waals surface area contributed by atoms with Crippen molar-refractivity contribution < 1.29 is 23.1 Å². The van der Waals surface area contributed by atoms with Crippen LogP contribution in [0.15, 0.2) is 18.2 Å². The smallest absolute Gasteiger partial charge is 0.344 e. The molecule has 6 nitrogen and oxygen atoms in total. The molecule has 0 fully saturated rings. The van der Waals surface area contributed by atoms with E-state index >= 15 is 0 Å². The predicted molar refractivity (Wildman–Crippen MR) is 68.5 cm³/mol. The van der Waals surface area contributed by atoms with Crippen molar-refractivity contribution >= 4 is 16.0 Å². The fraction of sp³-hybridized carbons (Fsp3) is 0.417. The fourth-order valence-corrected chi connectivity index (χ4v) is 2.37. The summed E-state index contributed by atoms with van der Waals surface area (Å²) in [6.45, 7) is 0.217. The number of benzene rings is 1. The number of carbonyl (C=O) groups is 1. The zero-order valence-corrected chi connectivity index (χ0v) is 11.2. The van der Waals surface area contributed by atoms with E-state index in [2.05, 4.69) is 4.72 Å². The Morgan fingerprint density at radius 1 is 1.53 bits per heavy atom. The monoisotopic (exact) mass is 285 g/mol. The van der Waals surface area contributed by atoms with Crippen molar-refractivity contribution in [3.8, 4) is 5.75 Å². The van der Waals surface area contributed by atoms with Gasteiger partial charge in [-0.25, -0.2) is 17.9 Å². The van der Waals surface area contributed by atoms with Crippen molar-refractivity contribution in [1.29, 1.82) is 0 Å². The second-order valence-electron chi connectivity index (χ2n) is 4.52. The minimum atomic E-state index is -3.22. The second-order valence-corrected chi connectivity index (χ2v) is 6.35. The number of aryl methyl sites for hydroxylation is 1. The molecule has 0 unspecified atom stereocenters. The lowest BCUT2D eigenvalue weighted by molar-refractivity contribution is -0.145. The Morgan fingerprint density at radius 2 is 2.26 bits per heavy atom. The molecule has 1 aromatic rings. The number of nitrogens with one attached hydrogen (secondary N) is 1. The Bertz CT molecular complexity index is 596. The highest BCUT2D eigenvalue weighted by atomic mass is 32.2. The summed E-state index contributed by atoms with van der Waals surface area (Å²) in [6, 6.07) is 5.25. The number of hydrogen-bond acceptors (Lipinski definition) is 4. The van der Waals surface area contributed by atoms with Crippen LogP contribution in [0.4, 0.5) is 0 Å². The summed E-state index contributed by atoms with van der Waals surface area (Å²) in [7, 11) is -3.22. The molecule has 0 aliphatic carbocycles. The number of hydrogen-bond donors (Lipinski definition) is 2. The van der Waals surface area contributed by atoms with E-state index in [1.54, 1.807) is 12.1 Å². The van der Waals surface area contributed by atoms with E-state index in [0.29, 0.717) is 18.6 Å². The first kappa shape index (κ1) is 13.8. The Balaban J connectivity index is 2.11. The first-order valence-corrected chi connectivity index (χ1v) is 7.70. The number of fused-ring (bicyclic) bond motifs is 1. The Kier molecular flexibility index (Phi) is 3.77. The maximum absolute atomic E-state index is 11.0. The molecule has 2 N–H and O–H groups in total. The SMILES string of the molecule is CS(=O)(=O)NCc1ccc2c(c1)CC[C@H](C(=O)O)O2. The van der Waals surface area contributed by atoms with Gasteiger partial charge in [0.15, 0.2) is 6.10 Å². The first-order valence-electron chi connectivity index (χ1n) is 5.81. The molecular formula is C12H15NO5S. The zero-order valence-electron chi connectivity index (χ0n) is 10.4. The van der Waals surface area contributed by atoms with Gasteiger partial charge in [-0.2, -0.15) is 0 Å². The van der Waals surface area contributed by atoms with Gasteiger partial charge in [-0.05, 0) is 30.0 Å². The van der Waals surface area contributed by atoms with Gasteiger partial charge in [-0.15, -0.1) is 0 Å². The summed E-state index contributed by atoms with van der Waals surface area (Å²) >= 11 is 0. The zero-order chi connectivity index (χ0) is 14.0. The van der Waals surface area contributed by atoms with Gasteiger partial charge in [0.2, 0.25) is 10.0 Å². The van der Waals surface area contributed by atoms with Gasteiger partial charge in [0.05, 0.1) is 6.26 Å². The largest absolute Gasteiger partial charge is 0.479 e. The second kappa shape index (κ2) is 5.18. The van der Waals surface area contributed by atoms with Crippen LogP contribution in [0.25, 0.3) is 0 Å². The number of carboxylic acids is 1. The van der Waals surface area contributed by atoms with Gasteiger partial charge in [0, 0.05) is 6.54 Å². The highest BCUT2D eigenvalue weighted by Gasteiger charge is 2.25. The molecule has 0 amide bonds. The summed E-state index contributed by atoms with van der Waals surface area (Å²) in [6.07, 6.45) is 1.34. The van der Waals surface area contributed by atoms with Crippen molar-refractivity contribution in [2.75, 3.05) is 6.26 Å². The van der Waals surface area contributed by atoms with Gasteiger partial charge in [-0.1, -0.05) is 12.1 Å².